The molecule has 1 amide bonds. The molecule has 4 N–H and O–H groups in total. The fourth-order valence-electron chi connectivity index (χ4n) is 3.44. The third kappa shape index (κ3) is 6.84. The van der Waals surface area contributed by atoms with Crippen molar-refractivity contribution in [1.82, 2.24) is 5.32 Å². The van der Waals surface area contributed by atoms with Crippen LogP contribution in [0.4, 0.5) is 11.4 Å². The van der Waals surface area contributed by atoms with E-state index in [1.54, 1.807) is 31.4 Å². The molecule has 1 atom stereocenters. The Morgan fingerprint density at radius 2 is 1.84 bits per heavy atom. The van der Waals surface area contributed by atoms with E-state index >= 15 is 0 Å². The lowest BCUT2D eigenvalue weighted by molar-refractivity contribution is -0.116. The number of hydrogen-bond donors (Lipinski definition) is 4. The molecule has 0 spiro atoms. The number of rotatable bonds is 11. The van der Waals surface area contributed by atoms with Gasteiger partial charge in [-0.15, -0.1) is 0 Å². The molecule has 3 rings (SSSR count). The standard InChI is InChI=1S/C22H29N3O6S/c1-30-20-9-8-19(18-7-10-21(27)24-22(18)20)31-14-17(26)13-23-12-11-15-3-5-16(6-4-15)25-32(2,28)29/h3-6,8-9,17,23,25-26H,7,10-14H2,1-2H3,(H,24,27). The van der Waals surface area contributed by atoms with Crippen molar-refractivity contribution in [2.45, 2.75) is 25.4 Å². The van der Waals surface area contributed by atoms with Gasteiger partial charge >= 0.3 is 0 Å². The molecule has 1 heterocycles. The predicted octanol–water partition coefficient (Wildman–Crippen LogP) is 1.52. The van der Waals surface area contributed by atoms with Crippen molar-refractivity contribution in [3.63, 3.8) is 0 Å². The molecule has 9 nitrogen and oxygen atoms in total. The molecule has 32 heavy (non-hydrogen) atoms. The Morgan fingerprint density at radius 3 is 2.53 bits per heavy atom. The Labute approximate surface area is 188 Å². The van der Waals surface area contributed by atoms with Gasteiger partial charge in [0.25, 0.3) is 0 Å². The number of amides is 1. The summed E-state index contributed by atoms with van der Waals surface area (Å²) in [6, 6.07) is 10.7. The normalized spacial score (nSPS) is 14.3. The molecule has 0 bridgehead atoms. The van der Waals surface area contributed by atoms with Gasteiger partial charge in [-0.25, -0.2) is 8.42 Å². The van der Waals surface area contributed by atoms with E-state index in [1.165, 1.54) is 0 Å². The molecule has 2 aromatic carbocycles. The third-order valence-electron chi connectivity index (χ3n) is 4.98. The summed E-state index contributed by atoms with van der Waals surface area (Å²) in [4.78, 5) is 11.7. The predicted molar refractivity (Wildman–Crippen MR) is 123 cm³/mol. The molecule has 10 heteroatoms. The average Bonchev–Trinajstić information content (AvgIpc) is 2.75. The van der Waals surface area contributed by atoms with Crippen LogP contribution in [0.1, 0.15) is 17.5 Å². The highest BCUT2D eigenvalue weighted by molar-refractivity contribution is 7.92. The van der Waals surface area contributed by atoms with Crippen LogP contribution in [0.5, 0.6) is 11.5 Å². The summed E-state index contributed by atoms with van der Waals surface area (Å²) < 4.78 is 36.0. The molecule has 1 aliphatic heterocycles. The maximum Gasteiger partial charge on any atom is 0.229 e. The lowest BCUT2D eigenvalue weighted by Crippen LogP contribution is -2.32. The quantitative estimate of drug-likeness (QED) is 0.372. The number of hydrogen-bond acceptors (Lipinski definition) is 7. The Kier molecular flexibility index (Phi) is 7.94. The van der Waals surface area contributed by atoms with Crippen LogP contribution in [0.25, 0.3) is 0 Å². The summed E-state index contributed by atoms with van der Waals surface area (Å²) in [6.07, 6.45) is 2.08. The van der Waals surface area contributed by atoms with Crippen LogP contribution in [0.3, 0.4) is 0 Å². The van der Waals surface area contributed by atoms with Crippen molar-refractivity contribution in [2.75, 3.05) is 43.1 Å². The van der Waals surface area contributed by atoms with Crippen LogP contribution in [-0.4, -0.2) is 58.6 Å². The van der Waals surface area contributed by atoms with Crippen molar-refractivity contribution in [3.8, 4) is 11.5 Å². The molecular formula is C22H29N3O6S. The monoisotopic (exact) mass is 463 g/mol. The maximum atomic E-state index is 11.7. The van der Waals surface area contributed by atoms with Gasteiger partial charge in [-0.05, 0) is 49.2 Å². The van der Waals surface area contributed by atoms with Crippen molar-refractivity contribution < 1.29 is 27.8 Å². The first-order chi connectivity index (χ1) is 15.2. The van der Waals surface area contributed by atoms with Crippen LogP contribution in [0, 0.1) is 0 Å². The van der Waals surface area contributed by atoms with Gasteiger partial charge in [0.1, 0.15) is 24.2 Å². The van der Waals surface area contributed by atoms with Gasteiger partial charge in [0.15, 0.2) is 0 Å². The van der Waals surface area contributed by atoms with Crippen LogP contribution in [0.2, 0.25) is 0 Å². The van der Waals surface area contributed by atoms with Crippen molar-refractivity contribution in [3.05, 3.63) is 47.5 Å². The molecule has 0 aliphatic carbocycles. The minimum absolute atomic E-state index is 0.0570. The Morgan fingerprint density at radius 1 is 1.12 bits per heavy atom. The number of anilines is 2. The minimum atomic E-state index is -3.28. The highest BCUT2D eigenvalue weighted by atomic mass is 32.2. The van der Waals surface area contributed by atoms with E-state index in [0.717, 1.165) is 23.8 Å². The number of nitrogens with one attached hydrogen (secondary N) is 3. The van der Waals surface area contributed by atoms with Gasteiger partial charge in [0.2, 0.25) is 15.9 Å². The van der Waals surface area contributed by atoms with Gasteiger partial charge in [0, 0.05) is 24.2 Å². The number of fused-ring (bicyclic) bond motifs is 1. The summed E-state index contributed by atoms with van der Waals surface area (Å²) in [5.74, 6) is 1.16. The number of methoxy groups -OCH3 is 1. The van der Waals surface area contributed by atoms with Gasteiger partial charge in [-0.3, -0.25) is 9.52 Å². The summed E-state index contributed by atoms with van der Waals surface area (Å²) in [5.41, 5.74) is 3.08. The summed E-state index contributed by atoms with van der Waals surface area (Å²) >= 11 is 0. The molecule has 0 saturated carbocycles. The summed E-state index contributed by atoms with van der Waals surface area (Å²) in [5, 5.41) is 16.3. The van der Waals surface area contributed by atoms with Crippen LogP contribution < -0.4 is 24.8 Å². The van der Waals surface area contributed by atoms with Crippen LogP contribution in [0.15, 0.2) is 36.4 Å². The fourth-order valence-corrected chi connectivity index (χ4v) is 4.00. The smallest absolute Gasteiger partial charge is 0.229 e. The van der Waals surface area contributed by atoms with Crippen molar-refractivity contribution >= 4 is 27.3 Å². The number of aliphatic hydroxyl groups is 1. The fraction of sp³-hybridized carbons (Fsp3) is 0.409. The first-order valence-electron chi connectivity index (χ1n) is 10.3. The largest absolute Gasteiger partial charge is 0.495 e. The van der Waals surface area contributed by atoms with Gasteiger partial charge in [-0.1, -0.05) is 12.1 Å². The number of carbonyl (C=O) groups excluding carboxylic acids is 1. The van der Waals surface area contributed by atoms with E-state index in [0.29, 0.717) is 48.8 Å². The van der Waals surface area contributed by atoms with Gasteiger partial charge in [-0.2, -0.15) is 0 Å². The zero-order chi connectivity index (χ0) is 23.1. The first-order valence-corrected chi connectivity index (χ1v) is 12.2. The minimum Gasteiger partial charge on any atom is -0.495 e. The van der Waals surface area contributed by atoms with E-state index in [9.17, 15) is 18.3 Å². The number of benzene rings is 2. The third-order valence-corrected chi connectivity index (χ3v) is 5.58. The number of ether oxygens (including phenoxy) is 2. The lowest BCUT2D eigenvalue weighted by Gasteiger charge is -2.23. The number of sulfonamides is 1. The first kappa shape index (κ1) is 23.8. The summed E-state index contributed by atoms with van der Waals surface area (Å²) in [7, 11) is -1.74. The SMILES string of the molecule is COc1ccc(OCC(O)CNCCc2ccc(NS(C)(=O)=O)cc2)c2c1NC(=O)CC2. The second-order valence-electron chi connectivity index (χ2n) is 7.66. The Hall–Kier alpha value is -2.82. The van der Waals surface area contributed by atoms with Crippen molar-refractivity contribution in [1.29, 1.82) is 0 Å². The van der Waals surface area contributed by atoms with Crippen LogP contribution in [-0.2, 0) is 27.7 Å². The van der Waals surface area contributed by atoms with E-state index in [4.69, 9.17) is 9.47 Å². The molecule has 0 fully saturated rings. The molecule has 0 saturated heterocycles. The molecule has 1 unspecified atom stereocenters. The molecule has 0 aromatic heterocycles. The van der Waals surface area contributed by atoms with E-state index < -0.39 is 16.1 Å². The second kappa shape index (κ2) is 10.7. The van der Waals surface area contributed by atoms with E-state index in [2.05, 4.69) is 15.4 Å². The molecule has 2 aromatic rings. The van der Waals surface area contributed by atoms with Crippen LogP contribution >= 0.6 is 0 Å². The van der Waals surface area contributed by atoms with E-state index in [1.807, 2.05) is 12.1 Å². The van der Waals surface area contributed by atoms with Crippen molar-refractivity contribution in [2.24, 2.45) is 0 Å². The maximum absolute atomic E-state index is 11.7. The molecular weight excluding hydrogens is 434 g/mol. The highest BCUT2D eigenvalue weighted by Crippen LogP contribution is 2.38. The lowest BCUT2D eigenvalue weighted by atomic mass is 10.0. The molecule has 1 aliphatic rings. The Bertz CT molecular complexity index is 1040. The topological polar surface area (TPSA) is 126 Å². The second-order valence-corrected chi connectivity index (χ2v) is 9.41. The number of aliphatic hydroxyl groups excluding tert-OH is 1. The molecule has 0 radical (unpaired) electrons. The van der Waals surface area contributed by atoms with E-state index in [-0.39, 0.29) is 12.5 Å². The summed E-state index contributed by atoms with van der Waals surface area (Å²) in [6.45, 7) is 1.13. The van der Waals surface area contributed by atoms with Gasteiger partial charge < -0.3 is 25.2 Å². The molecule has 174 valence electrons. The number of carbonyl (C=O) groups is 1. The van der Waals surface area contributed by atoms with Gasteiger partial charge in [0.05, 0.1) is 19.1 Å². The highest BCUT2D eigenvalue weighted by Gasteiger charge is 2.22. The zero-order valence-corrected chi connectivity index (χ0v) is 19.0. The zero-order valence-electron chi connectivity index (χ0n) is 18.2. The average molecular weight is 464 g/mol. The Balaban J connectivity index is 1.43.